The van der Waals surface area contributed by atoms with Crippen molar-refractivity contribution in [1.82, 2.24) is 4.98 Å². The fraction of sp³-hybridized carbons (Fsp3) is 0.778. The lowest BCUT2D eigenvalue weighted by Gasteiger charge is -2.15. The summed E-state index contributed by atoms with van der Waals surface area (Å²) in [5, 5.41) is 17.6. The Hall–Kier alpha value is -1.99. The molecular formula is C27H45F3N2O3. The van der Waals surface area contributed by atoms with E-state index in [1.807, 2.05) is 6.92 Å². The van der Waals surface area contributed by atoms with Gasteiger partial charge in [-0.1, -0.05) is 90.4 Å². The van der Waals surface area contributed by atoms with Gasteiger partial charge in [-0.2, -0.15) is 13.2 Å². The second-order valence-electron chi connectivity index (χ2n) is 9.65. The van der Waals surface area contributed by atoms with Gasteiger partial charge in [0.2, 0.25) is 0 Å². The highest BCUT2D eigenvalue weighted by molar-refractivity contribution is 5.73. The van der Waals surface area contributed by atoms with Crippen LogP contribution in [0.5, 0.6) is 5.75 Å². The number of aliphatic carboxylic acids is 1. The molecule has 5 nitrogen and oxygen atoms in total. The number of pyridine rings is 1. The molecule has 0 bridgehead atoms. The summed E-state index contributed by atoms with van der Waals surface area (Å²) < 4.78 is 31.7. The molecule has 0 saturated heterocycles. The molecule has 0 saturated carbocycles. The van der Waals surface area contributed by atoms with E-state index in [0.29, 0.717) is 5.75 Å². The van der Waals surface area contributed by atoms with E-state index in [4.69, 9.17) is 14.9 Å². The number of fused-ring (bicyclic) bond motifs is 1. The van der Waals surface area contributed by atoms with Crippen molar-refractivity contribution >= 4 is 11.8 Å². The van der Waals surface area contributed by atoms with Crippen molar-refractivity contribution in [3.8, 4) is 5.75 Å². The zero-order valence-electron chi connectivity index (χ0n) is 21.9. The quantitative estimate of drug-likeness (QED) is 0.240. The fourth-order valence-electron chi connectivity index (χ4n) is 4.44. The van der Waals surface area contributed by atoms with E-state index in [9.17, 15) is 18.3 Å². The van der Waals surface area contributed by atoms with Crippen molar-refractivity contribution in [2.75, 3.05) is 18.5 Å². The van der Waals surface area contributed by atoms with Crippen LogP contribution in [0.2, 0.25) is 0 Å². The second-order valence-corrected chi connectivity index (χ2v) is 9.65. The Labute approximate surface area is 209 Å². The molecule has 2 heterocycles. The maximum absolute atomic E-state index is 10.6. The SMILES string of the molecule is CCCCCCCCCCCCCCCCc1nc2c(c(C)c1O)CCN2C.O=C(O)C(F)(F)F. The smallest absolute Gasteiger partial charge is 0.490 e. The first kappa shape index (κ1) is 31.0. The van der Waals surface area contributed by atoms with Crippen molar-refractivity contribution in [3.05, 3.63) is 16.8 Å². The molecule has 0 aromatic carbocycles. The molecule has 2 rings (SSSR count). The van der Waals surface area contributed by atoms with Crippen molar-refractivity contribution in [3.63, 3.8) is 0 Å². The number of aromatic nitrogens is 1. The number of rotatable bonds is 15. The number of carbonyl (C=O) groups is 1. The number of likely N-dealkylation sites (N-methyl/N-ethyl adjacent to an activating group) is 1. The third-order valence-electron chi connectivity index (χ3n) is 6.66. The number of carboxylic acid groups (broad SMARTS) is 1. The van der Waals surface area contributed by atoms with Gasteiger partial charge in [0.05, 0.1) is 5.69 Å². The molecule has 1 aliphatic rings. The van der Waals surface area contributed by atoms with Crippen LogP contribution in [0.15, 0.2) is 0 Å². The molecule has 0 radical (unpaired) electrons. The summed E-state index contributed by atoms with van der Waals surface area (Å²) in [7, 11) is 2.10. The van der Waals surface area contributed by atoms with E-state index in [-0.39, 0.29) is 0 Å². The zero-order chi connectivity index (χ0) is 26.3. The van der Waals surface area contributed by atoms with Gasteiger partial charge in [0.1, 0.15) is 11.6 Å². The maximum Gasteiger partial charge on any atom is 0.490 e. The van der Waals surface area contributed by atoms with Gasteiger partial charge in [-0.3, -0.25) is 0 Å². The van der Waals surface area contributed by atoms with Crippen LogP contribution in [-0.2, 0) is 17.6 Å². The summed E-state index contributed by atoms with van der Waals surface area (Å²) in [6.45, 7) is 5.35. The first-order chi connectivity index (χ1) is 16.6. The van der Waals surface area contributed by atoms with Gasteiger partial charge in [-0.25, -0.2) is 9.78 Å². The van der Waals surface area contributed by atoms with Gasteiger partial charge in [-0.15, -0.1) is 0 Å². The molecule has 8 heteroatoms. The molecular weight excluding hydrogens is 457 g/mol. The number of alkyl halides is 3. The van der Waals surface area contributed by atoms with Gasteiger partial charge >= 0.3 is 12.1 Å². The zero-order valence-corrected chi connectivity index (χ0v) is 21.9. The van der Waals surface area contributed by atoms with Crippen molar-refractivity contribution in [1.29, 1.82) is 0 Å². The summed E-state index contributed by atoms with van der Waals surface area (Å²) in [5.74, 6) is -1.22. The lowest BCUT2D eigenvalue weighted by atomic mass is 10.0. The number of nitrogens with zero attached hydrogens (tertiary/aromatic N) is 2. The largest absolute Gasteiger partial charge is 0.506 e. The van der Waals surface area contributed by atoms with Crippen molar-refractivity contribution in [2.24, 2.45) is 0 Å². The molecule has 1 aromatic heterocycles. The normalized spacial score (nSPS) is 12.9. The highest BCUT2D eigenvalue weighted by atomic mass is 19.4. The van der Waals surface area contributed by atoms with E-state index in [1.54, 1.807) is 0 Å². The number of unbranched alkanes of at least 4 members (excludes halogenated alkanes) is 13. The maximum atomic E-state index is 10.6. The predicted octanol–water partition coefficient (Wildman–Crippen LogP) is 7.75. The molecule has 1 aromatic rings. The number of hydrogen-bond acceptors (Lipinski definition) is 4. The molecule has 0 fully saturated rings. The van der Waals surface area contributed by atoms with Crippen molar-refractivity contribution < 1.29 is 28.2 Å². The third kappa shape index (κ3) is 12.0. The average Bonchev–Trinajstić information content (AvgIpc) is 3.17. The van der Waals surface area contributed by atoms with Crippen LogP contribution in [0, 0.1) is 6.92 Å². The molecule has 1 aliphatic heterocycles. The molecule has 0 atom stereocenters. The molecule has 0 spiro atoms. The minimum absolute atomic E-state index is 0.448. The van der Waals surface area contributed by atoms with Crippen LogP contribution >= 0.6 is 0 Å². The van der Waals surface area contributed by atoms with Crippen LogP contribution in [0.3, 0.4) is 0 Å². The minimum Gasteiger partial charge on any atom is -0.506 e. The molecule has 0 amide bonds. The Bertz CT molecular complexity index is 754. The molecule has 202 valence electrons. The standard InChI is InChI=1S/C25H44N2O.C2HF3O2/c1-4-5-6-7-8-9-10-11-12-13-14-15-16-17-18-23-24(28)21(2)22-19-20-27(3)25(22)26-23;3-2(4,5)1(6)7/h28H,4-20H2,1-3H3;(H,6,7). The topological polar surface area (TPSA) is 73.7 Å². The monoisotopic (exact) mass is 502 g/mol. The molecule has 35 heavy (non-hydrogen) atoms. The number of anilines is 1. The Kier molecular flexibility index (Phi) is 14.8. The molecule has 0 unspecified atom stereocenters. The number of halogens is 3. The van der Waals surface area contributed by atoms with Crippen LogP contribution in [-0.4, -0.2) is 40.9 Å². The van der Waals surface area contributed by atoms with Gasteiger partial charge in [-0.05, 0) is 31.7 Å². The van der Waals surface area contributed by atoms with Crippen molar-refractivity contribution in [2.45, 2.75) is 123 Å². The predicted molar refractivity (Wildman–Crippen MR) is 135 cm³/mol. The van der Waals surface area contributed by atoms with E-state index < -0.39 is 12.1 Å². The van der Waals surface area contributed by atoms with Gasteiger partial charge < -0.3 is 15.1 Å². The van der Waals surface area contributed by atoms with E-state index in [1.165, 1.54) is 89.0 Å². The molecule has 0 aliphatic carbocycles. The summed E-state index contributed by atoms with van der Waals surface area (Å²) in [6, 6.07) is 0. The Balaban J connectivity index is 0.000000762. The highest BCUT2D eigenvalue weighted by Gasteiger charge is 2.38. The van der Waals surface area contributed by atoms with Gasteiger partial charge in [0.25, 0.3) is 0 Å². The second kappa shape index (κ2) is 16.6. The molecule has 2 N–H and O–H groups in total. The average molecular weight is 503 g/mol. The van der Waals surface area contributed by atoms with Crippen LogP contribution in [0.4, 0.5) is 19.0 Å². The van der Waals surface area contributed by atoms with E-state index in [0.717, 1.165) is 42.9 Å². The van der Waals surface area contributed by atoms with Crippen LogP contribution in [0.25, 0.3) is 0 Å². The van der Waals surface area contributed by atoms with Crippen LogP contribution in [0.1, 0.15) is 114 Å². The van der Waals surface area contributed by atoms with Gasteiger partial charge in [0.15, 0.2) is 0 Å². The fourth-order valence-corrected chi connectivity index (χ4v) is 4.44. The number of carboxylic acids is 1. The number of aromatic hydroxyl groups is 1. The third-order valence-corrected chi connectivity index (χ3v) is 6.66. The summed E-state index contributed by atoms with van der Waals surface area (Å²) in [6.07, 6.45) is 16.1. The number of hydrogen-bond donors (Lipinski definition) is 2. The van der Waals surface area contributed by atoms with E-state index in [2.05, 4.69) is 18.9 Å². The summed E-state index contributed by atoms with van der Waals surface area (Å²) in [5.41, 5.74) is 3.20. The summed E-state index contributed by atoms with van der Waals surface area (Å²) in [4.78, 5) is 15.9. The Morgan fingerprint density at radius 3 is 1.77 bits per heavy atom. The minimum atomic E-state index is -5.08. The lowest BCUT2D eigenvalue weighted by molar-refractivity contribution is -0.192. The van der Waals surface area contributed by atoms with E-state index >= 15 is 0 Å². The lowest BCUT2D eigenvalue weighted by Crippen LogP contribution is -2.21. The first-order valence-corrected chi connectivity index (χ1v) is 13.3. The first-order valence-electron chi connectivity index (χ1n) is 13.3. The number of aryl methyl sites for hydroxylation is 1. The van der Waals surface area contributed by atoms with Crippen LogP contribution < -0.4 is 4.90 Å². The Morgan fingerprint density at radius 2 is 1.34 bits per heavy atom. The Morgan fingerprint density at radius 1 is 0.914 bits per heavy atom. The van der Waals surface area contributed by atoms with Gasteiger partial charge in [0, 0.05) is 19.2 Å². The highest BCUT2D eigenvalue weighted by Crippen LogP contribution is 2.35. The summed E-state index contributed by atoms with van der Waals surface area (Å²) >= 11 is 0.